The minimum atomic E-state index is -0.279. The van der Waals surface area contributed by atoms with Crippen molar-refractivity contribution in [2.75, 3.05) is 13.7 Å². The van der Waals surface area contributed by atoms with E-state index >= 15 is 0 Å². The van der Waals surface area contributed by atoms with Crippen LogP contribution < -0.4 is 10.1 Å². The molecule has 21 heavy (non-hydrogen) atoms. The summed E-state index contributed by atoms with van der Waals surface area (Å²) in [5.41, 5.74) is 1.75. The SMILES string of the molecule is CCCOc1cncc(C(NC)c2cccc(F)c2Br)c1. The molecular weight excluding hydrogens is 335 g/mol. The van der Waals surface area contributed by atoms with Gasteiger partial charge in [0.05, 0.1) is 23.3 Å². The largest absolute Gasteiger partial charge is 0.492 e. The molecule has 0 bridgehead atoms. The molecule has 1 unspecified atom stereocenters. The monoisotopic (exact) mass is 352 g/mol. The summed E-state index contributed by atoms with van der Waals surface area (Å²) < 4.78 is 19.8. The van der Waals surface area contributed by atoms with Crippen LogP contribution in [0.5, 0.6) is 5.75 Å². The van der Waals surface area contributed by atoms with Crippen LogP contribution in [0.15, 0.2) is 41.1 Å². The van der Waals surface area contributed by atoms with E-state index in [1.807, 2.05) is 19.2 Å². The minimum absolute atomic E-state index is 0.159. The van der Waals surface area contributed by atoms with Gasteiger partial charge in [0.1, 0.15) is 11.6 Å². The molecule has 0 saturated carbocycles. The molecule has 0 fully saturated rings. The van der Waals surface area contributed by atoms with E-state index in [1.54, 1.807) is 18.5 Å². The Kier molecular flexibility index (Phi) is 5.70. The fourth-order valence-corrected chi connectivity index (χ4v) is 2.63. The fourth-order valence-electron chi connectivity index (χ4n) is 2.14. The lowest BCUT2D eigenvalue weighted by atomic mass is 10.00. The highest BCUT2D eigenvalue weighted by Gasteiger charge is 2.17. The maximum Gasteiger partial charge on any atom is 0.137 e. The molecule has 0 radical (unpaired) electrons. The fraction of sp³-hybridized carbons (Fsp3) is 0.312. The molecule has 1 aromatic heterocycles. The van der Waals surface area contributed by atoms with E-state index < -0.39 is 0 Å². The molecule has 2 rings (SSSR count). The number of hydrogen-bond donors (Lipinski definition) is 1. The third kappa shape index (κ3) is 3.80. The quantitative estimate of drug-likeness (QED) is 0.850. The number of hydrogen-bond acceptors (Lipinski definition) is 3. The van der Waals surface area contributed by atoms with Crippen molar-refractivity contribution in [1.29, 1.82) is 0 Å². The molecule has 1 atom stereocenters. The van der Waals surface area contributed by atoms with Crippen LogP contribution in [0.4, 0.5) is 4.39 Å². The number of pyridine rings is 1. The summed E-state index contributed by atoms with van der Waals surface area (Å²) in [6, 6.07) is 6.78. The van der Waals surface area contributed by atoms with Gasteiger partial charge < -0.3 is 10.1 Å². The molecule has 0 spiro atoms. The second-order valence-electron chi connectivity index (χ2n) is 4.67. The predicted molar refractivity (Wildman–Crippen MR) is 85.0 cm³/mol. The molecule has 5 heteroatoms. The van der Waals surface area contributed by atoms with Crippen molar-refractivity contribution in [1.82, 2.24) is 10.3 Å². The number of halogens is 2. The molecule has 0 aliphatic rings. The Labute approximate surface area is 132 Å². The zero-order valence-electron chi connectivity index (χ0n) is 12.1. The summed E-state index contributed by atoms with van der Waals surface area (Å²) in [5, 5.41) is 3.19. The van der Waals surface area contributed by atoms with Crippen molar-refractivity contribution in [3.8, 4) is 5.75 Å². The second-order valence-corrected chi connectivity index (χ2v) is 5.46. The van der Waals surface area contributed by atoms with Crippen LogP contribution in [-0.4, -0.2) is 18.6 Å². The molecule has 3 nitrogen and oxygen atoms in total. The lowest BCUT2D eigenvalue weighted by Crippen LogP contribution is -2.18. The molecule has 1 N–H and O–H groups in total. The summed E-state index contributed by atoms with van der Waals surface area (Å²) in [5.74, 6) is 0.446. The maximum absolute atomic E-state index is 13.7. The molecule has 1 heterocycles. The Morgan fingerprint density at radius 2 is 2.19 bits per heavy atom. The normalized spacial score (nSPS) is 12.2. The van der Waals surface area contributed by atoms with Gasteiger partial charge in [-0.1, -0.05) is 19.1 Å². The van der Waals surface area contributed by atoms with E-state index in [0.29, 0.717) is 11.1 Å². The van der Waals surface area contributed by atoms with Crippen LogP contribution in [0.1, 0.15) is 30.5 Å². The number of benzene rings is 1. The first-order chi connectivity index (χ1) is 10.2. The Morgan fingerprint density at radius 3 is 2.90 bits per heavy atom. The minimum Gasteiger partial charge on any atom is -0.492 e. The Morgan fingerprint density at radius 1 is 1.38 bits per heavy atom. The van der Waals surface area contributed by atoms with Gasteiger partial charge in [-0.15, -0.1) is 0 Å². The molecule has 0 saturated heterocycles. The summed E-state index contributed by atoms with van der Waals surface area (Å²) in [7, 11) is 1.83. The zero-order valence-corrected chi connectivity index (χ0v) is 13.7. The highest BCUT2D eigenvalue weighted by Crippen LogP contribution is 2.31. The van der Waals surface area contributed by atoms with Crippen LogP contribution in [0, 0.1) is 5.82 Å². The third-order valence-electron chi connectivity index (χ3n) is 3.12. The number of rotatable bonds is 6. The molecule has 0 aliphatic heterocycles. The van der Waals surface area contributed by atoms with E-state index in [0.717, 1.165) is 23.3 Å². The van der Waals surface area contributed by atoms with Gasteiger partial charge in [-0.3, -0.25) is 4.98 Å². The first-order valence-electron chi connectivity index (χ1n) is 6.86. The Balaban J connectivity index is 2.35. The summed E-state index contributed by atoms with van der Waals surface area (Å²) in [6.07, 6.45) is 4.39. The first-order valence-corrected chi connectivity index (χ1v) is 7.65. The summed E-state index contributed by atoms with van der Waals surface area (Å²) in [6.45, 7) is 2.70. The second kappa shape index (κ2) is 7.52. The topological polar surface area (TPSA) is 34.1 Å². The standard InChI is InChI=1S/C16H18BrFN2O/c1-3-7-21-12-8-11(9-20-10-12)16(19-2)13-5-4-6-14(18)15(13)17/h4-6,8-10,16,19H,3,7H2,1-2H3. The van der Waals surface area contributed by atoms with Gasteiger partial charge >= 0.3 is 0 Å². The molecule has 2 aromatic rings. The van der Waals surface area contributed by atoms with Crippen LogP contribution >= 0.6 is 15.9 Å². The number of ether oxygens (including phenoxy) is 1. The van der Waals surface area contributed by atoms with Gasteiger partial charge in [-0.05, 0) is 52.7 Å². The Bertz CT molecular complexity index is 607. The summed E-state index contributed by atoms with van der Waals surface area (Å²) in [4.78, 5) is 4.21. The smallest absolute Gasteiger partial charge is 0.137 e. The molecule has 1 aromatic carbocycles. The van der Waals surface area contributed by atoms with Crippen LogP contribution in [-0.2, 0) is 0 Å². The van der Waals surface area contributed by atoms with Crippen molar-refractivity contribution in [3.05, 3.63) is 58.1 Å². The van der Waals surface area contributed by atoms with Crippen molar-refractivity contribution in [3.63, 3.8) is 0 Å². The number of aromatic nitrogens is 1. The van der Waals surface area contributed by atoms with Crippen molar-refractivity contribution in [2.45, 2.75) is 19.4 Å². The predicted octanol–water partition coefficient (Wildman–Crippen LogP) is 4.08. The third-order valence-corrected chi connectivity index (χ3v) is 3.96. The van der Waals surface area contributed by atoms with E-state index in [4.69, 9.17) is 4.74 Å². The lowest BCUT2D eigenvalue weighted by molar-refractivity contribution is 0.315. The van der Waals surface area contributed by atoms with Gasteiger partial charge in [0.25, 0.3) is 0 Å². The van der Waals surface area contributed by atoms with Gasteiger partial charge in [0, 0.05) is 6.20 Å². The maximum atomic E-state index is 13.7. The van der Waals surface area contributed by atoms with Crippen LogP contribution in [0.25, 0.3) is 0 Å². The Hall–Kier alpha value is -1.46. The van der Waals surface area contributed by atoms with Crippen LogP contribution in [0.3, 0.4) is 0 Å². The highest BCUT2D eigenvalue weighted by atomic mass is 79.9. The average Bonchev–Trinajstić information content (AvgIpc) is 2.50. The molecular formula is C16H18BrFN2O. The van der Waals surface area contributed by atoms with Crippen molar-refractivity contribution >= 4 is 15.9 Å². The van der Waals surface area contributed by atoms with Gasteiger partial charge in [0.15, 0.2) is 0 Å². The highest BCUT2D eigenvalue weighted by molar-refractivity contribution is 9.10. The van der Waals surface area contributed by atoms with Gasteiger partial charge in [-0.25, -0.2) is 4.39 Å². The number of nitrogens with zero attached hydrogens (tertiary/aromatic N) is 1. The van der Waals surface area contributed by atoms with Gasteiger partial charge in [0.2, 0.25) is 0 Å². The number of nitrogens with one attached hydrogen (secondary N) is 1. The van der Waals surface area contributed by atoms with E-state index in [-0.39, 0.29) is 11.9 Å². The van der Waals surface area contributed by atoms with Crippen LogP contribution in [0.2, 0.25) is 0 Å². The average molecular weight is 353 g/mol. The van der Waals surface area contributed by atoms with E-state index in [9.17, 15) is 4.39 Å². The van der Waals surface area contributed by atoms with Crippen molar-refractivity contribution < 1.29 is 9.13 Å². The molecule has 0 aliphatic carbocycles. The van der Waals surface area contributed by atoms with Gasteiger partial charge in [-0.2, -0.15) is 0 Å². The summed E-state index contributed by atoms with van der Waals surface area (Å²) >= 11 is 3.31. The van der Waals surface area contributed by atoms with E-state index in [2.05, 4.69) is 33.2 Å². The van der Waals surface area contributed by atoms with E-state index in [1.165, 1.54) is 6.07 Å². The molecule has 0 amide bonds. The first kappa shape index (κ1) is 15.9. The van der Waals surface area contributed by atoms with Crippen molar-refractivity contribution in [2.24, 2.45) is 0 Å². The zero-order chi connectivity index (χ0) is 15.2. The lowest BCUT2D eigenvalue weighted by Gasteiger charge is -2.19. The molecule has 112 valence electrons.